The van der Waals surface area contributed by atoms with E-state index in [-0.39, 0.29) is 12.1 Å². The lowest BCUT2D eigenvalue weighted by Gasteiger charge is -2.07. The molecule has 26 heavy (non-hydrogen) atoms. The minimum Gasteiger partial charge on any atom is -0.480 e. The van der Waals surface area contributed by atoms with Crippen LogP contribution in [0.4, 0.5) is 5.69 Å². The fourth-order valence-electron chi connectivity index (χ4n) is 2.33. The monoisotopic (exact) mass is 373 g/mol. The molecule has 1 atom stereocenters. The van der Waals surface area contributed by atoms with Gasteiger partial charge in [0.2, 0.25) is 0 Å². The van der Waals surface area contributed by atoms with E-state index in [0.29, 0.717) is 27.6 Å². The molecule has 2 heterocycles. The number of pyridine rings is 1. The van der Waals surface area contributed by atoms with E-state index >= 15 is 0 Å². The van der Waals surface area contributed by atoms with Gasteiger partial charge < -0.3 is 15.8 Å². The topological polar surface area (TPSA) is 148 Å². The molecule has 0 fully saturated rings. The number of aromatic amines is 1. The summed E-state index contributed by atoms with van der Waals surface area (Å²) in [5, 5.41) is 20.3. The Labute approximate surface area is 151 Å². The highest BCUT2D eigenvalue weighted by Gasteiger charge is 2.14. The summed E-state index contributed by atoms with van der Waals surface area (Å²) >= 11 is 1.40. The Bertz CT molecular complexity index is 974. The minimum absolute atomic E-state index is 0.00170. The Balaban J connectivity index is 1.70. The van der Waals surface area contributed by atoms with E-state index in [1.165, 1.54) is 23.9 Å². The van der Waals surface area contributed by atoms with Crippen LogP contribution in [0.5, 0.6) is 0 Å². The zero-order valence-electron chi connectivity index (χ0n) is 13.5. The van der Waals surface area contributed by atoms with Crippen molar-refractivity contribution in [2.45, 2.75) is 23.4 Å². The van der Waals surface area contributed by atoms with Crippen molar-refractivity contribution in [1.82, 2.24) is 15.0 Å². The second-order valence-electron chi connectivity index (χ2n) is 5.56. The molecule has 2 aromatic heterocycles. The number of nitrogens with one attached hydrogen (secondary N) is 1. The van der Waals surface area contributed by atoms with E-state index in [4.69, 9.17) is 10.8 Å². The van der Waals surface area contributed by atoms with Crippen LogP contribution in [0.15, 0.2) is 41.6 Å². The number of carboxylic acids is 1. The van der Waals surface area contributed by atoms with Gasteiger partial charge >= 0.3 is 5.97 Å². The van der Waals surface area contributed by atoms with E-state index < -0.39 is 16.9 Å². The Hall–Kier alpha value is -2.98. The summed E-state index contributed by atoms with van der Waals surface area (Å²) in [6.45, 7) is 0. The number of thioether (sulfide) groups is 1. The number of nitro benzene ring substituents is 1. The lowest BCUT2D eigenvalue weighted by atomic mass is 10.1. The van der Waals surface area contributed by atoms with Crippen LogP contribution < -0.4 is 5.73 Å². The van der Waals surface area contributed by atoms with E-state index in [9.17, 15) is 14.9 Å². The number of nitro groups is 1. The van der Waals surface area contributed by atoms with Crippen molar-refractivity contribution in [1.29, 1.82) is 0 Å². The molecule has 0 aliphatic heterocycles. The highest BCUT2D eigenvalue weighted by Crippen LogP contribution is 2.25. The maximum absolute atomic E-state index is 10.8. The average molecular weight is 373 g/mol. The number of non-ortho nitro benzene ring substituents is 1. The van der Waals surface area contributed by atoms with Crippen LogP contribution in [-0.2, 0) is 17.0 Å². The van der Waals surface area contributed by atoms with Crippen LogP contribution in [0.25, 0.3) is 11.0 Å². The third-order valence-electron chi connectivity index (χ3n) is 3.62. The van der Waals surface area contributed by atoms with Crippen molar-refractivity contribution in [3.05, 3.63) is 57.9 Å². The van der Waals surface area contributed by atoms with Gasteiger partial charge in [-0.2, -0.15) is 0 Å². The zero-order valence-corrected chi connectivity index (χ0v) is 14.3. The summed E-state index contributed by atoms with van der Waals surface area (Å²) in [5.41, 5.74) is 8.14. The van der Waals surface area contributed by atoms with Crippen molar-refractivity contribution in [2.24, 2.45) is 5.73 Å². The first kappa shape index (κ1) is 17.8. The molecule has 134 valence electrons. The molecule has 0 amide bonds. The highest BCUT2D eigenvalue weighted by molar-refractivity contribution is 7.98. The van der Waals surface area contributed by atoms with Crippen LogP contribution in [0.3, 0.4) is 0 Å². The fourth-order valence-corrected chi connectivity index (χ4v) is 3.12. The molecular weight excluding hydrogens is 358 g/mol. The van der Waals surface area contributed by atoms with Crippen molar-refractivity contribution < 1.29 is 14.8 Å². The third-order valence-corrected chi connectivity index (χ3v) is 4.53. The van der Waals surface area contributed by atoms with Crippen molar-refractivity contribution in [3.8, 4) is 0 Å². The molecule has 0 spiro atoms. The summed E-state index contributed by atoms with van der Waals surface area (Å²) < 4.78 is 0. The number of aromatic nitrogens is 3. The lowest BCUT2D eigenvalue weighted by molar-refractivity contribution is -0.384. The Morgan fingerprint density at radius 2 is 2.08 bits per heavy atom. The minimum atomic E-state index is -1.07. The molecule has 0 saturated heterocycles. The molecule has 0 bridgehead atoms. The molecule has 10 heteroatoms. The Morgan fingerprint density at radius 1 is 1.31 bits per heavy atom. The molecule has 4 N–H and O–H groups in total. The van der Waals surface area contributed by atoms with E-state index in [2.05, 4.69) is 15.0 Å². The van der Waals surface area contributed by atoms with Gasteiger partial charge in [-0.15, -0.1) is 0 Å². The van der Waals surface area contributed by atoms with Crippen LogP contribution in [0.1, 0.15) is 11.4 Å². The summed E-state index contributed by atoms with van der Waals surface area (Å²) in [6, 6.07) is 8.83. The Morgan fingerprint density at radius 3 is 2.81 bits per heavy atom. The summed E-state index contributed by atoms with van der Waals surface area (Å²) in [7, 11) is 0. The van der Waals surface area contributed by atoms with E-state index in [1.54, 1.807) is 18.2 Å². The summed E-state index contributed by atoms with van der Waals surface area (Å²) in [4.78, 5) is 33.0. The molecule has 0 radical (unpaired) electrons. The number of aliphatic carboxylic acids is 1. The molecule has 0 aliphatic rings. The van der Waals surface area contributed by atoms with Gasteiger partial charge in [-0.1, -0.05) is 17.8 Å². The number of imidazole rings is 1. The molecule has 3 rings (SSSR count). The zero-order chi connectivity index (χ0) is 18.7. The first-order chi connectivity index (χ1) is 12.4. The van der Waals surface area contributed by atoms with Gasteiger partial charge in [0.25, 0.3) is 5.69 Å². The second kappa shape index (κ2) is 7.50. The predicted octanol–water partition coefficient (Wildman–Crippen LogP) is 2.11. The standard InChI is InChI=1S/C16H15N5O4S/c17-12(15(22)23)6-9-2-1-3-10(18-9)8-26-16-19-13-5-4-11(21(24)25)7-14(13)20-16/h1-5,7,12H,6,8,17H2,(H,19,20)(H,22,23). The van der Waals surface area contributed by atoms with Crippen LogP contribution >= 0.6 is 11.8 Å². The van der Waals surface area contributed by atoms with Crippen molar-refractivity contribution in [2.75, 3.05) is 0 Å². The number of carbonyl (C=O) groups is 1. The predicted molar refractivity (Wildman–Crippen MR) is 95.9 cm³/mol. The molecule has 0 saturated carbocycles. The van der Waals surface area contributed by atoms with Gasteiger partial charge in [0, 0.05) is 30.0 Å². The second-order valence-corrected chi connectivity index (χ2v) is 6.52. The molecule has 0 aliphatic carbocycles. The average Bonchev–Trinajstić information content (AvgIpc) is 3.02. The highest BCUT2D eigenvalue weighted by atomic mass is 32.2. The number of hydrogen-bond acceptors (Lipinski definition) is 7. The van der Waals surface area contributed by atoms with E-state index in [1.807, 2.05) is 6.07 Å². The van der Waals surface area contributed by atoms with Crippen LogP contribution in [0, 0.1) is 10.1 Å². The maximum Gasteiger partial charge on any atom is 0.320 e. The number of nitrogens with zero attached hydrogens (tertiary/aromatic N) is 3. The molecule has 9 nitrogen and oxygen atoms in total. The number of benzene rings is 1. The smallest absolute Gasteiger partial charge is 0.320 e. The molecule has 1 aromatic carbocycles. The molecule has 1 unspecified atom stereocenters. The Kier molecular flexibility index (Phi) is 5.14. The van der Waals surface area contributed by atoms with Gasteiger partial charge in [0.05, 0.1) is 21.7 Å². The number of hydrogen-bond donors (Lipinski definition) is 3. The van der Waals surface area contributed by atoms with Gasteiger partial charge in [0.15, 0.2) is 5.16 Å². The lowest BCUT2D eigenvalue weighted by Crippen LogP contribution is -2.32. The van der Waals surface area contributed by atoms with Gasteiger partial charge in [-0.3, -0.25) is 19.9 Å². The van der Waals surface area contributed by atoms with Gasteiger partial charge in [0.1, 0.15) is 6.04 Å². The van der Waals surface area contributed by atoms with Crippen LogP contribution in [-0.4, -0.2) is 37.0 Å². The molecule has 3 aromatic rings. The number of nitrogens with two attached hydrogens (primary N) is 1. The number of fused-ring (bicyclic) bond motifs is 1. The maximum atomic E-state index is 10.8. The number of H-pyrrole nitrogens is 1. The van der Waals surface area contributed by atoms with Gasteiger partial charge in [-0.25, -0.2) is 4.98 Å². The molecular formula is C16H15N5O4S. The van der Waals surface area contributed by atoms with E-state index in [0.717, 1.165) is 5.69 Å². The SMILES string of the molecule is NC(Cc1cccc(CSc2nc3ccc([N+](=O)[O-])cc3[nH]2)n1)C(=O)O. The third kappa shape index (κ3) is 4.16. The largest absolute Gasteiger partial charge is 0.480 e. The fraction of sp³-hybridized carbons (Fsp3) is 0.188. The number of rotatable bonds is 7. The summed E-state index contributed by atoms with van der Waals surface area (Å²) in [6.07, 6.45) is 0.155. The summed E-state index contributed by atoms with van der Waals surface area (Å²) in [5.74, 6) is -0.555. The first-order valence-electron chi connectivity index (χ1n) is 7.62. The number of carboxylic acid groups (broad SMARTS) is 1. The van der Waals surface area contributed by atoms with Crippen LogP contribution in [0.2, 0.25) is 0 Å². The normalized spacial score (nSPS) is 12.2. The first-order valence-corrected chi connectivity index (χ1v) is 8.61. The van der Waals surface area contributed by atoms with Crippen molar-refractivity contribution in [3.63, 3.8) is 0 Å². The van der Waals surface area contributed by atoms with Crippen molar-refractivity contribution >= 4 is 34.5 Å². The van der Waals surface area contributed by atoms with Gasteiger partial charge in [-0.05, 0) is 18.2 Å². The quantitative estimate of drug-likeness (QED) is 0.324.